The smallest absolute Gasteiger partial charge is 0.150 e. The fraction of sp³-hybridized carbons (Fsp3) is 0.0909. The Kier molecular flexibility index (Phi) is 3.96. The van der Waals surface area contributed by atoms with Gasteiger partial charge in [-0.3, -0.25) is 0 Å². The lowest BCUT2D eigenvalue weighted by molar-refractivity contribution is 1.14. The molecule has 0 saturated carbocycles. The molecule has 0 unspecified atom stereocenters. The maximum atomic E-state index is 4.19. The fourth-order valence-corrected chi connectivity index (χ4v) is 2.21. The Morgan fingerprint density at radius 1 is 1.06 bits per heavy atom. The van der Waals surface area contributed by atoms with Crippen LogP contribution in [-0.2, 0) is 0 Å². The van der Waals surface area contributed by atoms with E-state index in [1.54, 1.807) is 0 Å². The highest BCUT2D eigenvalue weighted by Gasteiger charge is 2.08. The minimum atomic E-state index is 0.719. The third-order valence-corrected chi connectivity index (χ3v) is 3.60. The monoisotopic (exact) mass is 356 g/mol. The summed E-state index contributed by atoms with van der Waals surface area (Å²) >= 11 is 6.94. The molecule has 1 heterocycles. The average molecular weight is 358 g/mol. The zero-order chi connectivity index (χ0) is 12.3. The molecule has 0 aliphatic heterocycles. The summed E-state index contributed by atoms with van der Waals surface area (Å²) in [6.07, 6.45) is 1.51. The highest BCUT2D eigenvalue weighted by atomic mass is 79.9. The maximum Gasteiger partial charge on any atom is 0.150 e. The van der Waals surface area contributed by atoms with Crippen LogP contribution in [0.4, 0.5) is 17.3 Å². The van der Waals surface area contributed by atoms with Gasteiger partial charge in [0.05, 0.1) is 5.69 Å². The van der Waals surface area contributed by atoms with E-state index in [0.717, 1.165) is 26.3 Å². The molecule has 1 aromatic heterocycles. The lowest BCUT2D eigenvalue weighted by atomic mass is 10.3. The summed E-state index contributed by atoms with van der Waals surface area (Å²) in [6.45, 7) is 0. The first-order valence-electron chi connectivity index (χ1n) is 4.92. The Labute approximate surface area is 116 Å². The molecule has 0 saturated heterocycles. The lowest BCUT2D eigenvalue weighted by Gasteiger charge is -2.10. The Balaban J connectivity index is 2.34. The predicted octanol–water partition coefficient (Wildman–Crippen LogP) is 3.79. The van der Waals surface area contributed by atoms with E-state index in [-0.39, 0.29) is 0 Å². The summed E-state index contributed by atoms with van der Waals surface area (Å²) in [6, 6.07) is 7.86. The Morgan fingerprint density at radius 3 is 2.47 bits per heavy atom. The molecule has 17 heavy (non-hydrogen) atoms. The summed E-state index contributed by atoms with van der Waals surface area (Å²) in [5, 5.41) is 6.22. The first-order valence-corrected chi connectivity index (χ1v) is 6.50. The van der Waals surface area contributed by atoms with E-state index >= 15 is 0 Å². The van der Waals surface area contributed by atoms with Crippen molar-refractivity contribution in [2.24, 2.45) is 0 Å². The highest BCUT2D eigenvalue weighted by Crippen LogP contribution is 2.31. The molecule has 6 heteroatoms. The van der Waals surface area contributed by atoms with Gasteiger partial charge in [0.25, 0.3) is 0 Å². The summed E-state index contributed by atoms with van der Waals surface area (Å²) in [4.78, 5) is 8.29. The zero-order valence-corrected chi connectivity index (χ0v) is 12.2. The summed E-state index contributed by atoms with van der Waals surface area (Å²) in [7, 11) is 1.81. The number of benzene rings is 1. The van der Waals surface area contributed by atoms with Gasteiger partial charge in [0.2, 0.25) is 0 Å². The van der Waals surface area contributed by atoms with Crippen molar-refractivity contribution in [2.45, 2.75) is 0 Å². The first kappa shape index (κ1) is 12.3. The molecule has 2 aromatic rings. The van der Waals surface area contributed by atoms with Crippen molar-refractivity contribution in [2.75, 3.05) is 17.7 Å². The summed E-state index contributed by atoms with van der Waals surface area (Å²) in [5.41, 5.74) is 0.953. The molecular formula is C11H10Br2N4. The third-order valence-electron chi connectivity index (χ3n) is 2.15. The molecule has 0 bridgehead atoms. The van der Waals surface area contributed by atoms with Gasteiger partial charge in [-0.1, -0.05) is 12.1 Å². The van der Waals surface area contributed by atoms with Gasteiger partial charge in [0.1, 0.15) is 22.4 Å². The van der Waals surface area contributed by atoms with Gasteiger partial charge < -0.3 is 10.6 Å². The summed E-state index contributed by atoms with van der Waals surface area (Å²) < 4.78 is 1.79. The number of nitrogens with zero attached hydrogens (tertiary/aromatic N) is 2. The second kappa shape index (κ2) is 5.46. The van der Waals surface area contributed by atoms with Gasteiger partial charge in [-0.15, -0.1) is 0 Å². The van der Waals surface area contributed by atoms with E-state index < -0.39 is 0 Å². The Morgan fingerprint density at radius 2 is 1.76 bits per heavy atom. The van der Waals surface area contributed by atoms with Crippen LogP contribution in [0.3, 0.4) is 0 Å². The number of halogens is 2. The van der Waals surface area contributed by atoms with Gasteiger partial charge in [-0.05, 0) is 44.0 Å². The van der Waals surface area contributed by atoms with Crippen LogP contribution in [0.25, 0.3) is 0 Å². The average Bonchev–Trinajstić information content (AvgIpc) is 2.34. The van der Waals surface area contributed by atoms with E-state index in [2.05, 4.69) is 52.5 Å². The van der Waals surface area contributed by atoms with E-state index in [1.165, 1.54) is 6.33 Å². The molecule has 2 rings (SSSR count). The molecule has 1 aromatic carbocycles. The Hall–Kier alpha value is -1.14. The number of para-hydroxylation sites is 1. The van der Waals surface area contributed by atoms with Crippen molar-refractivity contribution in [3.05, 3.63) is 39.5 Å². The van der Waals surface area contributed by atoms with E-state index in [1.807, 2.05) is 31.3 Å². The summed E-state index contributed by atoms with van der Waals surface area (Å²) in [5.74, 6) is 1.46. The predicted molar refractivity (Wildman–Crippen MR) is 76.7 cm³/mol. The maximum absolute atomic E-state index is 4.19. The van der Waals surface area contributed by atoms with E-state index in [4.69, 9.17) is 0 Å². The van der Waals surface area contributed by atoms with Crippen molar-refractivity contribution in [1.82, 2.24) is 9.97 Å². The van der Waals surface area contributed by atoms with Crippen molar-refractivity contribution < 1.29 is 0 Å². The SMILES string of the molecule is CNc1ncnc(Nc2ccccc2Br)c1Br. The van der Waals surface area contributed by atoms with Crippen LogP contribution in [0, 0.1) is 0 Å². The fourth-order valence-electron chi connectivity index (χ4n) is 1.32. The van der Waals surface area contributed by atoms with Crippen LogP contribution in [0.15, 0.2) is 39.5 Å². The molecule has 0 radical (unpaired) electrons. The molecule has 0 atom stereocenters. The third kappa shape index (κ3) is 2.76. The van der Waals surface area contributed by atoms with Crippen LogP contribution in [-0.4, -0.2) is 17.0 Å². The van der Waals surface area contributed by atoms with Crippen molar-refractivity contribution in [3.8, 4) is 0 Å². The Bertz CT molecular complexity index is 531. The van der Waals surface area contributed by atoms with Crippen molar-refractivity contribution >= 4 is 49.2 Å². The molecule has 0 fully saturated rings. The number of anilines is 3. The number of hydrogen-bond acceptors (Lipinski definition) is 4. The number of rotatable bonds is 3. The molecular weight excluding hydrogens is 348 g/mol. The van der Waals surface area contributed by atoms with Gasteiger partial charge in [0.15, 0.2) is 0 Å². The zero-order valence-electron chi connectivity index (χ0n) is 9.04. The minimum absolute atomic E-state index is 0.719. The van der Waals surface area contributed by atoms with Crippen LogP contribution < -0.4 is 10.6 Å². The molecule has 2 N–H and O–H groups in total. The molecule has 0 aliphatic rings. The van der Waals surface area contributed by atoms with Gasteiger partial charge in [-0.2, -0.15) is 0 Å². The lowest BCUT2D eigenvalue weighted by Crippen LogP contribution is -2.00. The molecule has 0 amide bonds. The molecule has 4 nitrogen and oxygen atoms in total. The van der Waals surface area contributed by atoms with Crippen LogP contribution in [0.5, 0.6) is 0 Å². The normalized spacial score (nSPS) is 10.1. The topological polar surface area (TPSA) is 49.8 Å². The first-order chi connectivity index (χ1) is 8.22. The van der Waals surface area contributed by atoms with E-state index in [0.29, 0.717) is 0 Å². The van der Waals surface area contributed by atoms with Crippen LogP contribution in [0.1, 0.15) is 0 Å². The van der Waals surface area contributed by atoms with Crippen LogP contribution >= 0.6 is 31.9 Å². The highest BCUT2D eigenvalue weighted by molar-refractivity contribution is 9.11. The van der Waals surface area contributed by atoms with Gasteiger partial charge in [-0.25, -0.2) is 9.97 Å². The quantitative estimate of drug-likeness (QED) is 0.877. The van der Waals surface area contributed by atoms with Gasteiger partial charge in [0, 0.05) is 11.5 Å². The second-order valence-corrected chi connectivity index (χ2v) is 4.89. The minimum Gasteiger partial charge on any atom is -0.372 e. The van der Waals surface area contributed by atoms with Crippen LogP contribution in [0.2, 0.25) is 0 Å². The number of aromatic nitrogens is 2. The molecule has 0 spiro atoms. The second-order valence-electron chi connectivity index (χ2n) is 3.24. The standard InChI is InChI=1S/C11H10Br2N4/c1-14-10-9(13)11(16-6-15-10)17-8-5-3-2-4-7(8)12/h2-6H,1H3,(H2,14,15,16,17). The largest absolute Gasteiger partial charge is 0.372 e. The van der Waals surface area contributed by atoms with Gasteiger partial charge >= 0.3 is 0 Å². The van der Waals surface area contributed by atoms with E-state index in [9.17, 15) is 0 Å². The molecule has 88 valence electrons. The van der Waals surface area contributed by atoms with Crippen molar-refractivity contribution in [1.29, 1.82) is 0 Å². The number of hydrogen-bond donors (Lipinski definition) is 2. The molecule has 0 aliphatic carbocycles. The number of nitrogens with one attached hydrogen (secondary N) is 2. The van der Waals surface area contributed by atoms with Crippen molar-refractivity contribution in [3.63, 3.8) is 0 Å².